The van der Waals surface area contributed by atoms with Crippen molar-refractivity contribution in [1.29, 1.82) is 0 Å². The molecule has 0 atom stereocenters. The second kappa shape index (κ2) is 5.61. The Bertz CT molecular complexity index is 770. The molecule has 2 N–H and O–H groups in total. The maximum Gasteiger partial charge on any atom is 0.336 e. The first kappa shape index (κ1) is 15.1. The second-order valence-electron chi connectivity index (χ2n) is 3.69. The number of aromatic carboxylic acids is 1. The fraction of sp³-hybridized carbons (Fsp3) is 0. The Morgan fingerprint density at radius 2 is 1.90 bits per heavy atom. The predicted octanol–water partition coefficient (Wildman–Crippen LogP) is 3.55. The zero-order chi connectivity index (χ0) is 14.9. The first-order chi connectivity index (χ1) is 9.29. The van der Waals surface area contributed by atoms with Gasteiger partial charge in [0.25, 0.3) is 10.0 Å². The average molecular weight is 352 g/mol. The molecule has 0 saturated heterocycles. The van der Waals surface area contributed by atoms with Crippen molar-refractivity contribution in [3.63, 3.8) is 0 Å². The molecule has 2 rings (SSSR count). The van der Waals surface area contributed by atoms with Gasteiger partial charge in [-0.05, 0) is 24.3 Å². The van der Waals surface area contributed by atoms with Gasteiger partial charge in [0, 0.05) is 5.38 Å². The van der Waals surface area contributed by atoms with Crippen LogP contribution in [0.15, 0.2) is 33.9 Å². The normalized spacial score (nSPS) is 11.3. The molecule has 0 unspecified atom stereocenters. The van der Waals surface area contributed by atoms with E-state index in [1.54, 1.807) is 0 Å². The lowest BCUT2D eigenvalue weighted by atomic mass is 10.3. The number of carboxylic acids is 1. The summed E-state index contributed by atoms with van der Waals surface area (Å²) in [5, 5.41) is 10.6. The van der Waals surface area contributed by atoms with E-state index >= 15 is 0 Å². The molecule has 1 heterocycles. The van der Waals surface area contributed by atoms with E-state index in [9.17, 15) is 13.2 Å². The van der Waals surface area contributed by atoms with Crippen LogP contribution in [0.4, 0.5) is 5.69 Å². The standard InChI is InChI=1S/C11H7Cl2NO4S2/c12-8-2-1-7(4-9(8)13)14-20(17,18)10-3-6(5-19-10)11(15)16/h1-5,14H,(H,15,16). The molecule has 0 fully saturated rings. The van der Waals surface area contributed by atoms with Crippen LogP contribution >= 0.6 is 34.5 Å². The van der Waals surface area contributed by atoms with E-state index in [-0.39, 0.29) is 20.5 Å². The quantitative estimate of drug-likeness (QED) is 0.881. The zero-order valence-electron chi connectivity index (χ0n) is 9.63. The molecule has 0 saturated carbocycles. The van der Waals surface area contributed by atoms with E-state index in [4.69, 9.17) is 28.3 Å². The number of carboxylic acid groups (broad SMARTS) is 1. The number of hydrogen-bond donors (Lipinski definition) is 2. The van der Waals surface area contributed by atoms with Gasteiger partial charge in [0.2, 0.25) is 0 Å². The Morgan fingerprint density at radius 1 is 1.20 bits per heavy atom. The Hall–Kier alpha value is -1.28. The Morgan fingerprint density at radius 3 is 2.45 bits per heavy atom. The number of rotatable bonds is 4. The van der Waals surface area contributed by atoms with Crippen molar-refractivity contribution in [3.8, 4) is 0 Å². The number of sulfonamides is 1. The number of carbonyl (C=O) groups is 1. The van der Waals surface area contributed by atoms with Crippen LogP contribution in [0, 0.1) is 0 Å². The summed E-state index contributed by atoms with van der Waals surface area (Å²) in [5.41, 5.74) is 0.161. The van der Waals surface area contributed by atoms with Gasteiger partial charge in [0.1, 0.15) is 4.21 Å². The lowest BCUT2D eigenvalue weighted by Gasteiger charge is -2.06. The van der Waals surface area contributed by atoms with Gasteiger partial charge in [-0.1, -0.05) is 23.2 Å². The summed E-state index contributed by atoms with van der Waals surface area (Å²) in [5.74, 6) is -1.18. The van der Waals surface area contributed by atoms with Crippen LogP contribution in [0.5, 0.6) is 0 Å². The van der Waals surface area contributed by atoms with Crippen molar-refractivity contribution >= 4 is 56.2 Å². The van der Waals surface area contributed by atoms with Crippen LogP contribution in [0.2, 0.25) is 10.0 Å². The van der Waals surface area contributed by atoms with Gasteiger partial charge in [-0.15, -0.1) is 11.3 Å². The zero-order valence-corrected chi connectivity index (χ0v) is 12.8. The molecule has 0 amide bonds. The van der Waals surface area contributed by atoms with Gasteiger partial charge in [-0.2, -0.15) is 0 Å². The van der Waals surface area contributed by atoms with Crippen LogP contribution in [-0.2, 0) is 10.0 Å². The Kier molecular flexibility index (Phi) is 4.24. The van der Waals surface area contributed by atoms with Crippen LogP contribution in [-0.4, -0.2) is 19.5 Å². The largest absolute Gasteiger partial charge is 0.478 e. The number of hydrogen-bond acceptors (Lipinski definition) is 4. The molecule has 2 aromatic rings. The highest BCUT2D eigenvalue weighted by Crippen LogP contribution is 2.28. The van der Waals surface area contributed by atoms with Crippen molar-refractivity contribution in [2.75, 3.05) is 4.72 Å². The summed E-state index contributed by atoms with van der Waals surface area (Å²) < 4.78 is 26.3. The predicted molar refractivity (Wildman–Crippen MR) is 78.5 cm³/mol. The van der Waals surface area contributed by atoms with Gasteiger partial charge < -0.3 is 5.11 Å². The number of thiophene rings is 1. The van der Waals surface area contributed by atoms with E-state index in [2.05, 4.69) is 4.72 Å². The van der Waals surface area contributed by atoms with E-state index in [0.29, 0.717) is 5.02 Å². The summed E-state index contributed by atoms with van der Waals surface area (Å²) in [6, 6.07) is 5.37. The number of anilines is 1. The van der Waals surface area contributed by atoms with Gasteiger partial charge >= 0.3 is 5.97 Å². The minimum atomic E-state index is -3.85. The summed E-state index contributed by atoms with van der Waals surface area (Å²) >= 11 is 12.3. The van der Waals surface area contributed by atoms with Crippen molar-refractivity contribution in [1.82, 2.24) is 0 Å². The highest BCUT2D eigenvalue weighted by molar-refractivity contribution is 7.94. The molecule has 1 aromatic heterocycles. The third-order valence-corrected chi connectivity index (χ3v) is 5.82. The molecule has 0 spiro atoms. The third kappa shape index (κ3) is 3.24. The highest BCUT2D eigenvalue weighted by atomic mass is 35.5. The third-order valence-electron chi connectivity index (χ3n) is 2.26. The minimum Gasteiger partial charge on any atom is -0.478 e. The monoisotopic (exact) mass is 351 g/mol. The minimum absolute atomic E-state index is 0.0792. The van der Waals surface area contributed by atoms with Crippen molar-refractivity contribution in [2.45, 2.75) is 4.21 Å². The van der Waals surface area contributed by atoms with Crippen LogP contribution in [0.1, 0.15) is 10.4 Å². The molecule has 1 aromatic carbocycles. The molecule has 0 bridgehead atoms. The number of halogens is 2. The molecule has 0 aliphatic heterocycles. The fourth-order valence-electron chi connectivity index (χ4n) is 1.33. The van der Waals surface area contributed by atoms with E-state index in [1.807, 2.05) is 0 Å². The molecule has 0 aliphatic carbocycles. The van der Waals surface area contributed by atoms with E-state index < -0.39 is 16.0 Å². The second-order valence-corrected chi connectivity index (χ2v) is 7.33. The first-order valence-electron chi connectivity index (χ1n) is 5.09. The van der Waals surface area contributed by atoms with E-state index in [1.165, 1.54) is 23.6 Å². The Balaban J connectivity index is 2.30. The molecule has 106 valence electrons. The van der Waals surface area contributed by atoms with Crippen LogP contribution in [0.25, 0.3) is 0 Å². The highest BCUT2D eigenvalue weighted by Gasteiger charge is 2.19. The van der Waals surface area contributed by atoms with Crippen LogP contribution < -0.4 is 4.72 Å². The van der Waals surface area contributed by atoms with Crippen LogP contribution in [0.3, 0.4) is 0 Å². The number of nitrogens with one attached hydrogen (secondary N) is 1. The number of benzene rings is 1. The SMILES string of the molecule is O=C(O)c1csc(S(=O)(=O)Nc2ccc(Cl)c(Cl)c2)c1. The van der Waals surface area contributed by atoms with Gasteiger partial charge in [-0.25, -0.2) is 13.2 Å². The topological polar surface area (TPSA) is 83.5 Å². The van der Waals surface area contributed by atoms with Crippen molar-refractivity contribution < 1.29 is 18.3 Å². The maximum atomic E-state index is 12.1. The van der Waals surface area contributed by atoms with Crippen molar-refractivity contribution in [3.05, 3.63) is 45.3 Å². The van der Waals surface area contributed by atoms with Gasteiger partial charge in [0.05, 0.1) is 21.3 Å². The smallest absolute Gasteiger partial charge is 0.336 e. The molecule has 0 radical (unpaired) electrons. The lowest BCUT2D eigenvalue weighted by Crippen LogP contribution is -2.11. The molecule has 5 nitrogen and oxygen atoms in total. The molecule has 0 aliphatic rings. The lowest BCUT2D eigenvalue weighted by molar-refractivity contribution is 0.0697. The summed E-state index contributed by atoms with van der Waals surface area (Å²) in [6.07, 6.45) is 0. The molecule has 20 heavy (non-hydrogen) atoms. The fourth-order valence-corrected chi connectivity index (χ4v) is 3.84. The average Bonchev–Trinajstić information content (AvgIpc) is 2.84. The van der Waals surface area contributed by atoms with Gasteiger partial charge in [0.15, 0.2) is 0 Å². The van der Waals surface area contributed by atoms with Gasteiger partial charge in [-0.3, -0.25) is 4.72 Å². The molecule has 9 heteroatoms. The summed E-state index contributed by atoms with van der Waals surface area (Å²) in [6.45, 7) is 0. The summed E-state index contributed by atoms with van der Waals surface area (Å²) in [7, 11) is -3.85. The Labute approximate surface area is 128 Å². The molecular formula is C11H7Cl2NO4S2. The summed E-state index contributed by atoms with van der Waals surface area (Å²) in [4.78, 5) is 10.7. The van der Waals surface area contributed by atoms with E-state index in [0.717, 1.165) is 17.4 Å². The maximum absolute atomic E-state index is 12.1. The molecular weight excluding hydrogens is 345 g/mol. The van der Waals surface area contributed by atoms with Crippen molar-refractivity contribution in [2.24, 2.45) is 0 Å². The first-order valence-corrected chi connectivity index (χ1v) is 8.21.